The summed E-state index contributed by atoms with van der Waals surface area (Å²) in [7, 11) is 0. The smallest absolute Gasteiger partial charge is 0.0561 e. The van der Waals surface area contributed by atoms with E-state index in [4.69, 9.17) is 0 Å². The largest absolute Gasteiger partial charge is 0.310 e. The van der Waals surface area contributed by atoms with Crippen molar-refractivity contribution in [1.82, 2.24) is 4.57 Å². The van der Waals surface area contributed by atoms with Gasteiger partial charge in [0.15, 0.2) is 0 Å². The highest BCUT2D eigenvalue weighted by atomic mass is 15.1. The number of rotatable bonds is 10. The van der Waals surface area contributed by atoms with Crippen molar-refractivity contribution in [2.45, 2.75) is 0 Å². The van der Waals surface area contributed by atoms with Crippen molar-refractivity contribution in [2.75, 3.05) is 4.90 Å². The second-order valence-electron chi connectivity index (χ2n) is 17.2. The molecule has 68 heavy (non-hydrogen) atoms. The van der Waals surface area contributed by atoms with Crippen molar-refractivity contribution in [2.24, 2.45) is 0 Å². The van der Waals surface area contributed by atoms with Gasteiger partial charge >= 0.3 is 0 Å². The van der Waals surface area contributed by atoms with E-state index in [2.05, 4.69) is 289 Å². The van der Waals surface area contributed by atoms with Crippen LogP contribution in [0.1, 0.15) is 0 Å². The molecular formula is C66H46N2. The summed E-state index contributed by atoms with van der Waals surface area (Å²) in [5.41, 5.74) is 20.9. The van der Waals surface area contributed by atoms with Crippen LogP contribution in [-0.4, -0.2) is 4.57 Å². The molecule has 1 heterocycles. The SMILES string of the molecule is c1ccc(-c2ccccc2-c2ccc(-n3c4ccccc4c4ccc(N(c5ccccc5)c5cc(-c6ccccc6-c6ccccc6)ccc5-c5ccccc5-c5ccccc5)cc43)cc2)cc1. The number of nitrogens with zero attached hydrogens (tertiary/aromatic N) is 2. The van der Waals surface area contributed by atoms with E-state index in [0.29, 0.717) is 0 Å². The fraction of sp³-hybridized carbons (Fsp3) is 0. The summed E-state index contributed by atoms with van der Waals surface area (Å²) in [4.78, 5) is 2.46. The minimum absolute atomic E-state index is 1.06. The number of hydrogen-bond acceptors (Lipinski definition) is 1. The Kier molecular flexibility index (Phi) is 10.6. The zero-order valence-corrected chi connectivity index (χ0v) is 37.5. The Balaban J connectivity index is 1.07. The molecule has 0 amide bonds. The van der Waals surface area contributed by atoms with Gasteiger partial charge in [-0.25, -0.2) is 0 Å². The second-order valence-corrected chi connectivity index (χ2v) is 17.2. The molecule has 12 aromatic rings. The lowest BCUT2D eigenvalue weighted by Gasteiger charge is -2.29. The summed E-state index contributed by atoms with van der Waals surface area (Å²) in [5.74, 6) is 0. The second kappa shape index (κ2) is 17.8. The summed E-state index contributed by atoms with van der Waals surface area (Å²) in [6, 6.07) is 101. The highest BCUT2D eigenvalue weighted by molar-refractivity contribution is 6.11. The molecule has 0 fully saturated rings. The molecule has 0 N–H and O–H groups in total. The van der Waals surface area contributed by atoms with Crippen molar-refractivity contribution in [1.29, 1.82) is 0 Å². The molecule has 0 atom stereocenters. The molecule has 2 nitrogen and oxygen atoms in total. The van der Waals surface area contributed by atoms with Gasteiger partial charge in [-0.1, -0.05) is 231 Å². The van der Waals surface area contributed by atoms with Crippen LogP contribution in [0.25, 0.3) is 94.3 Å². The van der Waals surface area contributed by atoms with Crippen LogP contribution in [0, 0.1) is 0 Å². The Bertz CT molecular complexity index is 3710. The highest BCUT2D eigenvalue weighted by Crippen LogP contribution is 2.47. The molecule has 11 aromatic carbocycles. The number of hydrogen-bond donors (Lipinski definition) is 0. The average molecular weight is 867 g/mol. The maximum atomic E-state index is 2.46. The van der Waals surface area contributed by atoms with Crippen LogP contribution in [0.3, 0.4) is 0 Å². The van der Waals surface area contributed by atoms with Crippen LogP contribution in [0.4, 0.5) is 17.1 Å². The molecule has 0 aliphatic rings. The molecule has 320 valence electrons. The van der Waals surface area contributed by atoms with Crippen molar-refractivity contribution < 1.29 is 0 Å². The molecule has 0 unspecified atom stereocenters. The minimum Gasteiger partial charge on any atom is -0.310 e. The fourth-order valence-electron chi connectivity index (χ4n) is 10.1. The van der Waals surface area contributed by atoms with Crippen LogP contribution in [0.2, 0.25) is 0 Å². The van der Waals surface area contributed by atoms with E-state index in [0.717, 1.165) is 39.4 Å². The van der Waals surface area contributed by atoms with Gasteiger partial charge in [-0.15, -0.1) is 0 Å². The first-order valence-corrected chi connectivity index (χ1v) is 23.3. The predicted molar refractivity (Wildman–Crippen MR) is 288 cm³/mol. The molecule has 0 saturated carbocycles. The third-order valence-corrected chi connectivity index (χ3v) is 13.2. The van der Waals surface area contributed by atoms with Gasteiger partial charge < -0.3 is 9.47 Å². The molecule has 0 spiro atoms. The maximum Gasteiger partial charge on any atom is 0.0561 e. The zero-order valence-electron chi connectivity index (χ0n) is 37.5. The number of fused-ring (bicyclic) bond motifs is 3. The van der Waals surface area contributed by atoms with Gasteiger partial charge in [0.05, 0.1) is 16.7 Å². The van der Waals surface area contributed by atoms with E-state index in [-0.39, 0.29) is 0 Å². The molecule has 0 bridgehead atoms. The first-order valence-electron chi connectivity index (χ1n) is 23.3. The number of benzene rings is 11. The van der Waals surface area contributed by atoms with E-state index in [1.165, 1.54) is 71.9 Å². The van der Waals surface area contributed by atoms with Crippen molar-refractivity contribution in [3.05, 3.63) is 279 Å². The number of anilines is 3. The molecule has 0 aliphatic heterocycles. The third-order valence-electron chi connectivity index (χ3n) is 13.2. The van der Waals surface area contributed by atoms with Gasteiger partial charge in [-0.05, 0) is 110 Å². The lowest BCUT2D eigenvalue weighted by molar-refractivity contribution is 1.18. The van der Waals surface area contributed by atoms with Crippen molar-refractivity contribution in [3.8, 4) is 72.4 Å². The van der Waals surface area contributed by atoms with Crippen LogP contribution in [-0.2, 0) is 0 Å². The zero-order chi connectivity index (χ0) is 45.2. The summed E-state index contributed by atoms with van der Waals surface area (Å²) in [6.45, 7) is 0. The lowest BCUT2D eigenvalue weighted by atomic mass is 9.89. The fourth-order valence-corrected chi connectivity index (χ4v) is 10.1. The van der Waals surface area contributed by atoms with Gasteiger partial charge in [0.1, 0.15) is 0 Å². The first kappa shape index (κ1) is 40.5. The Morgan fingerprint density at radius 2 is 0.647 bits per heavy atom. The van der Waals surface area contributed by atoms with Crippen LogP contribution >= 0.6 is 0 Å². The Morgan fingerprint density at radius 3 is 1.21 bits per heavy atom. The van der Waals surface area contributed by atoms with E-state index in [9.17, 15) is 0 Å². The molecule has 12 rings (SSSR count). The minimum atomic E-state index is 1.06. The van der Waals surface area contributed by atoms with E-state index < -0.39 is 0 Å². The molecule has 2 heteroatoms. The summed E-state index contributed by atoms with van der Waals surface area (Å²) < 4.78 is 2.43. The Labute approximate surface area is 397 Å². The van der Waals surface area contributed by atoms with Gasteiger partial charge in [0.25, 0.3) is 0 Å². The van der Waals surface area contributed by atoms with E-state index in [1.807, 2.05) is 0 Å². The quantitative estimate of drug-likeness (QED) is 0.133. The Hall–Kier alpha value is -8.98. The van der Waals surface area contributed by atoms with E-state index in [1.54, 1.807) is 0 Å². The molecule has 0 radical (unpaired) electrons. The molecular weight excluding hydrogens is 821 g/mol. The predicted octanol–water partition coefficient (Wildman–Crippen LogP) is 18.3. The monoisotopic (exact) mass is 866 g/mol. The summed E-state index contributed by atoms with van der Waals surface area (Å²) >= 11 is 0. The first-order chi connectivity index (χ1) is 33.8. The van der Waals surface area contributed by atoms with Crippen LogP contribution in [0.5, 0.6) is 0 Å². The van der Waals surface area contributed by atoms with Crippen molar-refractivity contribution >= 4 is 38.9 Å². The molecule has 0 saturated heterocycles. The van der Waals surface area contributed by atoms with Crippen LogP contribution in [0.15, 0.2) is 279 Å². The van der Waals surface area contributed by atoms with Gasteiger partial charge in [0.2, 0.25) is 0 Å². The normalized spacial score (nSPS) is 11.2. The summed E-state index contributed by atoms with van der Waals surface area (Å²) in [6.07, 6.45) is 0. The highest BCUT2D eigenvalue weighted by Gasteiger charge is 2.23. The van der Waals surface area contributed by atoms with Gasteiger partial charge in [-0.2, -0.15) is 0 Å². The number of para-hydroxylation sites is 2. The topological polar surface area (TPSA) is 8.17 Å². The standard InChI is InChI=1S/C66H46N2/c1-5-21-47(22-6-1)55-29-13-14-31-57(55)50-37-40-53(41-38-50)68-64-36-20-19-35-61(64)63-44-42-54(46-66(63)68)67(52-27-11-4-12-28-52)65-45-51(59-33-16-15-30-56(59)48-23-7-2-8-24-48)39-43-62(65)60-34-18-17-32-58(60)49-25-9-3-10-26-49/h1-46H. The molecule has 0 aliphatic carbocycles. The number of aromatic nitrogens is 1. The average Bonchev–Trinajstić information content (AvgIpc) is 3.75. The van der Waals surface area contributed by atoms with Crippen LogP contribution < -0.4 is 4.90 Å². The van der Waals surface area contributed by atoms with Gasteiger partial charge in [0, 0.05) is 33.4 Å². The third kappa shape index (κ3) is 7.45. The lowest BCUT2D eigenvalue weighted by Crippen LogP contribution is -2.12. The maximum absolute atomic E-state index is 2.46. The van der Waals surface area contributed by atoms with E-state index >= 15 is 0 Å². The van der Waals surface area contributed by atoms with Crippen molar-refractivity contribution in [3.63, 3.8) is 0 Å². The van der Waals surface area contributed by atoms with Gasteiger partial charge in [-0.3, -0.25) is 0 Å². The summed E-state index contributed by atoms with van der Waals surface area (Å²) in [5, 5.41) is 2.42. The molecule has 1 aromatic heterocycles. The Morgan fingerprint density at radius 1 is 0.235 bits per heavy atom.